The minimum Gasteiger partial charge on any atom is -0.386 e. The highest BCUT2D eigenvalue weighted by Crippen LogP contribution is 2.17. The Labute approximate surface area is 141 Å². The van der Waals surface area contributed by atoms with Gasteiger partial charge in [0.15, 0.2) is 6.61 Å². The van der Waals surface area contributed by atoms with Crippen molar-refractivity contribution in [2.45, 2.75) is 6.92 Å². The fourth-order valence-corrected chi connectivity index (χ4v) is 2.38. The van der Waals surface area contributed by atoms with E-state index in [0.29, 0.717) is 5.56 Å². The fraction of sp³-hybridized carbons (Fsp3) is 0.125. The van der Waals surface area contributed by atoms with E-state index in [-0.39, 0.29) is 18.3 Å². The molecule has 0 saturated heterocycles. The van der Waals surface area contributed by atoms with Gasteiger partial charge in [-0.2, -0.15) is 0 Å². The number of amides is 1. The van der Waals surface area contributed by atoms with Gasteiger partial charge in [0.1, 0.15) is 5.82 Å². The minimum atomic E-state index is -0.351. The van der Waals surface area contributed by atoms with Gasteiger partial charge in [-0.3, -0.25) is 4.79 Å². The summed E-state index contributed by atoms with van der Waals surface area (Å²) >= 11 is 2.21. The van der Waals surface area contributed by atoms with Crippen molar-refractivity contribution < 1.29 is 14.0 Å². The van der Waals surface area contributed by atoms with E-state index in [2.05, 4.69) is 33.1 Å². The van der Waals surface area contributed by atoms with E-state index in [1.54, 1.807) is 12.1 Å². The molecule has 1 N–H and O–H groups in total. The Morgan fingerprint density at radius 1 is 1.36 bits per heavy atom. The third-order valence-corrected chi connectivity index (χ3v) is 3.45. The Kier molecular flexibility index (Phi) is 5.88. The third kappa shape index (κ3) is 5.10. The van der Waals surface area contributed by atoms with Crippen molar-refractivity contribution >= 4 is 40.4 Å². The van der Waals surface area contributed by atoms with Gasteiger partial charge in [0.05, 0.1) is 6.21 Å². The molecular weight excluding hydrogens is 398 g/mol. The lowest BCUT2D eigenvalue weighted by molar-refractivity contribution is -0.120. The van der Waals surface area contributed by atoms with Gasteiger partial charge in [-0.25, -0.2) is 4.39 Å². The first kappa shape index (κ1) is 16.4. The SMILES string of the molecule is Cc1cc(I)ccc1NC(=O)CO/N=C\c1cccc(F)c1. The van der Waals surface area contributed by atoms with Crippen LogP contribution >= 0.6 is 22.6 Å². The van der Waals surface area contributed by atoms with Crippen molar-refractivity contribution in [1.82, 2.24) is 0 Å². The van der Waals surface area contributed by atoms with Crippen LogP contribution in [0.2, 0.25) is 0 Å². The van der Waals surface area contributed by atoms with Gasteiger partial charge in [-0.05, 0) is 71.0 Å². The van der Waals surface area contributed by atoms with Crippen LogP contribution in [0.3, 0.4) is 0 Å². The Morgan fingerprint density at radius 3 is 2.91 bits per heavy atom. The highest BCUT2D eigenvalue weighted by molar-refractivity contribution is 14.1. The molecule has 0 aliphatic heterocycles. The molecule has 2 aromatic carbocycles. The number of oxime groups is 1. The maximum absolute atomic E-state index is 12.9. The van der Waals surface area contributed by atoms with Crippen LogP contribution in [-0.4, -0.2) is 18.7 Å². The average Bonchev–Trinajstić information content (AvgIpc) is 2.47. The number of benzene rings is 2. The molecule has 0 heterocycles. The van der Waals surface area contributed by atoms with Crippen LogP contribution in [0.25, 0.3) is 0 Å². The Bertz CT molecular complexity index is 704. The standard InChI is InChI=1S/C16H14FIN2O2/c1-11-7-14(18)5-6-15(11)20-16(21)10-22-19-9-12-3-2-4-13(17)8-12/h2-9H,10H2,1H3,(H,20,21)/b19-9-. The second-order valence-corrected chi connectivity index (χ2v) is 5.82. The van der Waals surface area contributed by atoms with Gasteiger partial charge in [0.2, 0.25) is 0 Å². The van der Waals surface area contributed by atoms with Gasteiger partial charge in [-0.1, -0.05) is 17.3 Å². The molecule has 22 heavy (non-hydrogen) atoms. The van der Waals surface area contributed by atoms with Gasteiger partial charge in [-0.15, -0.1) is 0 Å². The van der Waals surface area contributed by atoms with Gasteiger partial charge < -0.3 is 10.2 Å². The van der Waals surface area contributed by atoms with E-state index >= 15 is 0 Å². The molecule has 0 radical (unpaired) electrons. The zero-order valence-corrected chi connectivity index (χ0v) is 14.0. The van der Waals surface area contributed by atoms with E-state index in [0.717, 1.165) is 14.8 Å². The van der Waals surface area contributed by atoms with Crippen LogP contribution in [0.15, 0.2) is 47.6 Å². The lowest BCUT2D eigenvalue weighted by atomic mass is 10.2. The van der Waals surface area contributed by atoms with E-state index in [9.17, 15) is 9.18 Å². The van der Waals surface area contributed by atoms with Gasteiger partial charge in [0, 0.05) is 9.26 Å². The predicted octanol–water partition coefficient (Wildman–Crippen LogP) is 3.73. The van der Waals surface area contributed by atoms with Crippen molar-refractivity contribution in [3.8, 4) is 0 Å². The number of carbonyl (C=O) groups is 1. The van der Waals surface area contributed by atoms with Crippen LogP contribution in [0.1, 0.15) is 11.1 Å². The zero-order valence-electron chi connectivity index (χ0n) is 11.8. The van der Waals surface area contributed by atoms with Crippen LogP contribution in [0, 0.1) is 16.3 Å². The maximum atomic E-state index is 12.9. The average molecular weight is 412 g/mol. The Balaban J connectivity index is 1.83. The normalized spacial score (nSPS) is 10.7. The fourth-order valence-electron chi connectivity index (χ4n) is 1.73. The number of rotatable bonds is 5. The molecule has 0 aliphatic carbocycles. The Morgan fingerprint density at radius 2 is 2.18 bits per heavy atom. The van der Waals surface area contributed by atoms with Crippen molar-refractivity contribution in [2.24, 2.45) is 5.16 Å². The largest absolute Gasteiger partial charge is 0.386 e. The van der Waals surface area contributed by atoms with Crippen molar-refractivity contribution in [1.29, 1.82) is 0 Å². The summed E-state index contributed by atoms with van der Waals surface area (Å²) in [4.78, 5) is 16.7. The number of anilines is 1. The van der Waals surface area contributed by atoms with Crippen molar-refractivity contribution in [3.05, 3.63) is 63.0 Å². The summed E-state index contributed by atoms with van der Waals surface area (Å²) in [5.41, 5.74) is 2.28. The lowest BCUT2D eigenvalue weighted by Gasteiger charge is -2.07. The quantitative estimate of drug-likeness (QED) is 0.463. The molecule has 2 rings (SSSR count). The zero-order chi connectivity index (χ0) is 15.9. The molecule has 0 unspecified atom stereocenters. The predicted molar refractivity (Wildman–Crippen MR) is 92.5 cm³/mol. The molecule has 0 aliphatic rings. The summed E-state index contributed by atoms with van der Waals surface area (Å²) in [6, 6.07) is 11.6. The molecule has 0 atom stereocenters. The Hall–Kier alpha value is -1.96. The first-order chi connectivity index (χ1) is 10.5. The monoisotopic (exact) mass is 412 g/mol. The summed E-state index contributed by atoms with van der Waals surface area (Å²) in [5.74, 6) is -0.656. The molecule has 0 saturated carbocycles. The lowest BCUT2D eigenvalue weighted by Crippen LogP contribution is -2.17. The van der Waals surface area contributed by atoms with Crippen LogP contribution in [0.4, 0.5) is 10.1 Å². The van der Waals surface area contributed by atoms with E-state index < -0.39 is 0 Å². The van der Waals surface area contributed by atoms with Crippen molar-refractivity contribution in [3.63, 3.8) is 0 Å². The molecule has 6 heteroatoms. The number of aryl methyl sites for hydroxylation is 1. The third-order valence-electron chi connectivity index (χ3n) is 2.78. The van der Waals surface area contributed by atoms with E-state index in [1.165, 1.54) is 18.3 Å². The summed E-state index contributed by atoms with van der Waals surface area (Å²) in [7, 11) is 0. The topological polar surface area (TPSA) is 50.7 Å². The highest BCUT2D eigenvalue weighted by atomic mass is 127. The number of halogens is 2. The first-order valence-electron chi connectivity index (χ1n) is 6.51. The number of nitrogens with one attached hydrogen (secondary N) is 1. The summed E-state index contributed by atoms with van der Waals surface area (Å²) in [5, 5.41) is 6.39. The number of hydrogen-bond acceptors (Lipinski definition) is 3. The minimum absolute atomic E-state index is 0.211. The summed E-state index contributed by atoms with van der Waals surface area (Å²) in [6.45, 7) is 1.71. The number of hydrogen-bond donors (Lipinski definition) is 1. The van der Waals surface area contributed by atoms with Crippen LogP contribution in [-0.2, 0) is 9.63 Å². The molecule has 114 valence electrons. The second-order valence-electron chi connectivity index (χ2n) is 4.57. The molecule has 4 nitrogen and oxygen atoms in total. The first-order valence-corrected chi connectivity index (χ1v) is 7.59. The van der Waals surface area contributed by atoms with Gasteiger partial charge in [0.25, 0.3) is 5.91 Å². The molecular formula is C16H14FIN2O2. The number of carbonyl (C=O) groups excluding carboxylic acids is 1. The summed E-state index contributed by atoms with van der Waals surface area (Å²) in [6.07, 6.45) is 1.35. The second kappa shape index (κ2) is 7.88. The molecule has 0 aromatic heterocycles. The molecule has 0 spiro atoms. The highest BCUT2D eigenvalue weighted by Gasteiger charge is 2.05. The van der Waals surface area contributed by atoms with Gasteiger partial charge >= 0.3 is 0 Å². The van der Waals surface area contributed by atoms with Crippen LogP contribution in [0.5, 0.6) is 0 Å². The molecule has 0 bridgehead atoms. The molecule has 1 amide bonds. The molecule has 0 fully saturated rings. The smallest absolute Gasteiger partial charge is 0.265 e. The maximum Gasteiger partial charge on any atom is 0.265 e. The van der Waals surface area contributed by atoms with Crippen molar-refractivity contribution in [2.75, 3.05) is 11.9 Å². The van der Waals surface area contributed by atoms with E-state index in [1.807, 2.05) is 25.1 Å². The van der Waals surface area contributed by atoms with E-state index in [4.69, 9.17) is 4.84 Å². The van der Waals surface area contributed by atoms with Crippen LogP contribution < -0.4 is 5.32 Å². The summed E-state index contributed by atoms with van der Waals surface area (Å²) < 4.78 is 14.0. The number of nitrogens with zero attached hydrogens (tertiary/aromatic N) is 1. The molecule has 2 aromatic rings.